The fraction of sp³-hybridized carbons (Fsp3) is 0.222. The molecule has 2 rings (SSSR count). The highest BCUT2D eigenvalue weighted by atomic mass is 35.5. The van der Waals surface area contributed by atoms with Crippen molar-refractivity contribution in [2.75, 3.05) is 5.32 Å². The van der Waals surface area contributed by atoms with Crippen molar-refractivity contribution in [2.45, 2.75) is 26.9 Å². The van der Waals surface area contributed by atoms with E-state index in [9.17, 15) is 14.7 Å². The van der Waals surface area contributed by atoms with Gasteiger partial charge in [-0.2, -0.15) is 0 Å². The van der Waals surface area contributed by atoms with Crippen molar-refractivity contribution in [3.63, 3.8) is 0 Å². The molecule has 24 heavy (non-hydrogen) atoms. The lowest BCUT2D eigenvalue weighted by atomic mass is 10.1. The van der Waals surface area contributed by atoms with Crippen LogP contribution in [0.2, 0.25) is 5.02 Å². The standard InChI is InChI=1S/C18H18ClNO4/c1-10-4-7-15(11(2)8-10)20-17(22)12(3)24-18(23)14-6-5-13(19)9-16(14)21/h4-9,12,21H,1-3H3,(H,20,22). The van der Waals surface area contributed by atoms with E-state index in [2.05, 4.69) is 5.32 Å². The van der Waals surface area contributed by atoms with Crippen molar-refractivity contribution >= 4 is 29.2 Å². The molecule has 6 heteroatoms. The first-order valence-corrected chi connectivity index (χ1v) is 7.73. The van der Waals surface area contributed by atoms with Crippen molar-refractivity contribution in [1.82, 2.24) is 0 Å². The Labute approximate surface area is 145 Å². The second kappa shape index (κ2) is 7.36. The highest BCUT2D eigenvalue weighted by molar-refractivity contribution is 6.30. The molecule has 5 nitrogen and oxygen atoms in total. The number of hydrogen-bond donors (Lipinski definition) is 2. The molecule has 2 aromatic carbocycles. The molecule has 2 N–H and O–H groups in total. The molecule has 0 heterocycles. The van der Waals surface area contributed by atoms with Gasteiger partial charge in [0.1, 0.15) is 11.3 Å². The summed E-state index contributed by atoms with van der Waals surface area (Å²) in [7, 11) is 0. The Morgan fingerprint density at radius 2 is 1.88 bits per heavy atom. The summed E-state index contributed by atoms with van der Waals surface area (Å²) in [4.78, 5) is 24.2. The van der Waals surface area contributed by atoms with Gasteiger partial charge < -0.3 is 15.2 Å². The van der Waals surface area contributed by atoms with E-state index in [4.69, 9.17) is 16.3 Å². The van der Waals surface area contributed by atoms with Crippen molar-refractivity contribution in [1.29, 1.82) is 0 Å². The molecule has 0 saturated heterocycles. The topological polar surface area (TPSA) is 75.6 Å². The fourth-order valence-corrected chi connectivity index (χ4v) is 2.31. The summed E-state index contributed by atoms with van der Waals surface area (Å²) in [5.41, 5.74) is 2.61. The van der Waals surface area contributed by atoms with Crippen LogP contribution in [0.4, 0.5) is 5.69 Å². The summed E-state index contributed by atoms with van der Waals surface area (Å²) in [5, 5.41) is 12.7. The Morgan fingerprint density at radius 1 is 1.17 bits per heavy atom. The Kier molecular flexibility index (Phi) is 5.46. The minimum absolute atomic E-state index is 0.0504. The van der Waals surface area contributed by atoms with E-state index in [0.717, 1.165) is 11.1 Å². The van der Waals surface area contributed by atoms with E-state index < -0.39 is 18.0 Å². The maximum Gasteiger partial charge on any atom is 0.342 e. The van der Waals surface area contributed by atoms with Gasteiger partial charge in [0, 0.05) is 10.7 Å². The van der Waals surface area contributed by atoms with Gasteiger partial charge in [0.05, 0.1) is 0 Å². The monoisotopic (exact) mass is 347 g/mol. The quantitative estimate of drug-likeness (QED) is 0.824. The Morgan fingerprint density at radius 3 is 2.50 bits per heavy atom. The molecule has 1 amide bonds. The second-order valence-corrected chi connectivity index (χ2v) is 5.95. The van der Waals surface area contributed by atoms with Crippen LogP contribution in [-0.4, -0.2) is 23.1 Å². The van der Waals surface area contributed by atoms with E-state index in [1.807, 2.05) is 26.0 Å². The van der Waals surface area contributed by atoms with E-state index in [1.165, 1.54) is 25.1 Å². The molecule has 0 fully saturated rings. The number of benzene rings is 2. The third-order valence-electron chi connectivity index (χ3n) is 3.47. The predicted molar refractivity (Wildman–Crippen MR) is 92.5 cm³/mol. The van der Waals surface area contributed by atoms with Crippen LogP contribution in [0.1, 0.15) is 28.4 Å². The SMILES string of the molecule is Cc1ccc(NC(=O)C(C)OC(=O)c2ccc(Cl)cc2O)c(C)c1. The van der Waals surface area contributed by atoms with Crippen molar-refractivity contribution in [3.05, 3.63) is 58.1 Å². The number of aromatic hydroxyl groups is 1. The molecular weight excluding hydrogens is 330 g/mol. The van der Waals surface area contributed by atoms with Crippen molar-refractivity contribution < 1.29 is 19.4 Å². The number of carbonyl (C=O) groups is 2. The average Bonchev–Trinajstić information content (AvgIpc) is 2.49. The molecule has 0 aliphatic rings. The van der Waals surface area contributed by atoms with Crippen LogP contribution in [0.3, 0.4) is 0 Å². The number of aryl methyl sites for hydroxylation is 2. The largest absolute Gasteiger partial charge is 0.507 e. The zero-order valence-electron chi connectivity index (χ0n) is 13.6. The molecule has 2 aromatic rings. The van der Waals surface area contributed by atoms with Gasteiger partial charge in [-0.25, -0.2) is 4.79 Å². The molecule has 0 bridgehead atoms. The smallest absolute Gasteiger partial charge is 0.342 e. The molecule has 1 atom stereocenters. The number of amides is 1. The number of halogens is 1. The number of nitrogens with one attached hydrogen (secondary N) is 1. The highest BCUT2D eigenvalue weighted by Gasteiger charge is 2.21. The number of phenols is 1. The maximum atomic E-state index is 12.2. The van der Waals surface area contributed by atoms with Gasteiger partial charge in [0.2, 0.25) is 0 Å². The minimum atomic E-state index is -1.02. The van der Waals surface area contributed by atoms with Crippen molar-refractivity contribution in [3.8, 4) is 5.75 Å². The van der Waals surface area contributed by atoms with E-state index in [1.54, 1.807) is 6.07 Å². The van der Waals surface area contributed by atoms with Crippen LogP contribution in [0, 0.1) is 13.8 Å². The summed E-state index contributed by atoms with van der Waals surface area (Å²) in [6.45, 7) is 5.30. The predicted octanol–water partition coefficient (Wildman–Crippen LogP) is 3.85. The van der Waals surface area contributed by atoms with Gasteiger partial charge in [-0.3, -0.25) is 4.79 Å². The first-order chi connectivity index (χ1) is 11.3. The molecule has 0 radical (unpaired) electrons. The Bertz CT molecular complexity index is 789. The van der Waals surface area contributed by atoms with Gasteiger partial charge in [-0.15, -0.1) is 0 Å². The molecule has 0 saturated carbocycles. The Balaban J connectivity index is 2.04. The van der Waals surface area contributed by atoms with Gasteiger partial charge in [-0.1, -0.05) is 29.3 Å². The van der Waals surface area contributed by atoms with Gasteiger partial charge in [0.15, 0.2) is 6.10 Å². The normalized spacial score (nSPS) is 11.7. The summed E-state index contributed by atoms with van der Waals surface area (Å²) < 4.78 is 5.10. The van der Waals surface area contributed by atoms with E-state index in [0.29, 0.717) is 10.7 Å². The van der Waals surface area contributed by atoms with Gasteiger partial charge >= 0.3 is 5.97 Å². The van der Waals surface area contributed by atoms with E-state index >= 15 is 0 Å². The van der Waals surface area contributed by atoms with Crippen molar-refractivity contribution in [2.24, 2.45) is 0 Å². The van der Waals surface area contributed by atoms with Crippen LogP contribution >= 0.6 is 11.6 Å². The third kappa shape index (κ3) is 4.26. The lowest BCUT2D eigenvalue weighted by Crippen LogP contribution is -2.30. The van der Waals surface area contributed by atoms with Crippen LogP contribution in [0.25, 0.3) is 0 Å². The lowest BCUT2D eigenvalue weighted by Gasteiger charge is -2.15. The number of ether oxygens (including phenoxy) is 1. The summed E-state index contributed by atoms with van der Waals surface area (Å²) in [6, 6.07) is 9.65. The van der Waals surface area contributed by atoms with Crippen LogP contribution < -0.4 is 5.32 Å². The highest BCUT2D eigenvalue weighted by Crippen LogP contribution is 2.23. The number of anilines is 1. The summed E-state index contributed by atoms with van der Waals surface area (Å²) >= 11 is 5.72. The van der Waals surface area contributed by atoms with Crippen LogP contribution in [-0.2, 0) is 9.53 Å². The number of phenolic OH excluding ortho intramolecular Hbond substituents is 1. The number of hydrogen-bond acceptors (Lipinski definition) is 4. The maximum absolute atomic E-state index is 12.2. The molecular formula is C18H18ClNO4. The number of esters is 1. The summed E-state index contributed by atoms with van der Waals surface area (Å²) in [6.07, 6.45) is -1.02. The average molecular weight is 348 g/mol. The number of carbonyl (C=O) groups excluding carboxylic acids is 2. The molecule has 126 valence electrons. The molecule has 0 aliphatic carbocycles. The first-order valence-electron chi connectivity index (χ1n) is 7.35. The minimum Gasteiger partial charge on any atom is -0.507 e. The summed E-state index contributed by atoms with van der Waals surface area (Å²) in [5.74, 6) is -1.55. The van der Waals surface area contributed by atoms with Crippen LogP contribution in [0.15, 0.2) is 36.4 Å². The molecule has 0 aliphatic heterocycles. The first kappa shape index (κ1) is 17.8. The second-order valence-electron chi connectivity index (χ2n) is 5.52. The third-order valence-corrected chi connectivity index (χ3v) is 3.71. The molecule has 0 spiro atoms. The van der Waals surface area contributed by atoms with E-state index in [-0.39, 0.29) is 11.3 Å². The zero-order chi connectivity index (χ0) is 17.9. The zero-order valence-corrected chi connectivity index (χ0v) is 14.3. The fourth-order valence-electron chi connectivity index (χ4n) is 2.14. The van der Waals surface area contributed by atoms with Gasteiger partial charge in [0.25, 0.3) is 5.91 Å². The van der Waals surface area contributed by atoms with Crippen LogP contribution in [0.5, 0.6) is 5.75 Å². The Hall–Kier alpha value is -2.53. The number of rotatable bonds is 4. The lowest BCUT2D eigenvalue weighted by molar-refractivity contribution is -0.123. The molecule has 1 unspecified atom stereocenters. The molecule has 0 aromatic heterocycles. The van der Waals surface area contributed by atoms with Gasteiger partial charge in [-0.05, 0) is 50.6 Å².